The third kappa shape index (κ3) is 7.74. The van der Waals surface area contributed by atoms with Crippen LogP contribution in [0.15, 0.2) is 30.3 Å². The molecule has 6 heteroatoms. The zero-order valence-corrected chi connectivity index (χ0v) is 14.8. The van der Waals surface area contributed by atoms with Gasteiger partial charge in [0, 0.05) is 46.5 Å². The number of carbonyl (C=O) groups excluding carboxylic acids is 2. The molecule has 0 fully saturated rings. The molecule has 0 aliphatic heterocycles. The van der Waals surface area contributed by atoms with Gasteiger partial charge in [0.25, 0.3) is 0 Å². The zero-order valence-electron chi connectivity index (χ0n) is 14.0. The van der Waals surface area contributed by atoms with Crippen LogP contribution >= 0.6 is 0 Å². The summed E-state index contributed by atoms with van der Waals surface area (Å²) in [7, 11) is -0.975. The fraction of sp³-hybridized carbons (Fsp3) is 0.412. The molecule has 1 atom stereocenters. The molecule has 2 amide bonds. The largest absolute Gasteiger partial charge is 0.352 e. The Labute approximate surface area is 140 Å². The van der Waals surface area contributed by atoms with Crippen LogP contribution in [0.3, 0.4) is 0 Å². The van der Waals surface area contributed by atoms with Crippen molar-refractivity contribution in [3.05, 3.63) is 35.9 Å². The third-order valence-corrected chi connectivity index (χ3v) is 4.87. The van der Waals surface area contributed by atoms with Crippen LogP contribution in [0.5, 0.6) is 0 Å². The first-order valence-electron chi connectivity index (χ1n) is 7.40. The van der Waals surface area contributed by atoms with Crippen LogP contribution in [0.4, 0.5) is 5.69 Å². The Morgan fingerprint density at radius 2 is 1.78 bits per heavy atom. The minimum atomic E-state index is -0.975. The molecule has 0 aromatic heterocycles. The Bertz CT molecular complexity index is 601. The Balaban J connectivity index is 2.43. The molecule has 1 aromatic carbocycles. The SMILES string of the molecule is CC(=O)Nc1ccc(/C=C/C(=O)NCCS(=O)C(C)(C)C)cc1. The molecule has 126 valence electrons. The maximum Gasteiger partial charge on any atom is 0.244 e. The minimum Gasteiger partial charge on any atom is -0.352 e. The molecule has 5 nitrogen and oxygen atoms in total. The van der Waals surface area contributed by atoms with Crippen LogP contribution in [0, 0.1) is 0 Å². The highest BCUT2D eigenvalue weighted by Crippen LogP contribution is 2.11. The van der Waals surface area contributed by atoms with Crippen molar-refractivity contribution >= 4 is 34.4 Å². The van der Waals surface area contributed by atoms with Crippen molar-refractivity contribution in [1.29, 1.82) is 0 Å². The summed E-state index contributed by atoms with van der Waals surface area (Å²) in [5.41, 5.74) is 1.57. The second-order valence-electron chi connectivity index (χ2n) is 6.09. The second kappa shape index (κ2) is 8.62. The van der Waals surface area contributed by atoms with E-state index in [2.05, 4.69) is 10.6 Å². The van der Waals surface area contributed by atoms with Crippen molar-refractivity contribution < 1.29 is 13.8 Å². The van der Waals surface area contributed by atoms with Gasteiger partial charge >= 0.3 is 0 Å². The molecule has 0 heterocycles. The summed E-state index contributed by atoms with van der Waals surface area (Å²) < 4.78 is 11.6. The summed E-state index contributed by atoms with van der Waals surface area (Å²) in [6.07, 6.45) is 3.13. The van der Waals surface area contributed by atoms with E-state index >= 15 is 0 Å². The highest BCUT2D eigenvalue weighted by atomic mass is 32.2. The van der Waals surface area contributed by atoms with Gasteiger partial charge in [-0.15, -0.1) is 0 Å². The smallest absolute Gasteiger partial charge is 0.244 e. The number of nitrogens with one attached hydrogen (secondary N) is 2. The molecule has 0 saturated carbocycles. The van der Waals surface area contributed by atoms with Crippen LogP contribution in [-0.2, 0) is 20.4 Å². The highest BCUT2D eigenvalue weighted by Gasteiger charge is 2.18. The van der Waals surface area contributed by atoms with Crippen LogP contribution in [0.25, 0.3) is 6.08 Å². The molecule has 0 saturated heterocycles. The number of rotatable bonds is 6. The molecule has 1 aromatic rings. The van der Waals surface area contributed by atoms with Crippen molar-refractivity contribution in [3.63, 3.8) is 0 Å². The van der Waals surface area contributed by atoms with E-state index in [1.54, 1.807) is 18.2 Å². The molecular formula is C17H24N2O3S. The summed E-state index contributed by atoms with van der Waals surface area (Å²) >= 11 is 0. The van der Waals surface area contributed by atoms with Gasteiger partial charge in [0.2, 0.25) is 11.8 Å². The van der Waals surface area contributed by atoms with E-state index < -0.39 is 10.8 Å². The molecule has 0 radical (unpaired) electrons. The van der Waals surface area contributed by atoms with Gasteiger partial charge in [0.05, 0.1) is 0 Å². The van der Waals surface area contributed by atoms with Gasteiger partial charge < -0.3 is 10.6 Å². The van der Waals surface area contributed by atoms with Crippen molar-refractivity contribution in [3.8, 4) is 0 Å². The fourth-order valence-electron chi connectivity index (χ4n) is 1.68. The first-order valence-corrected chi connectivity index (χ1v) is 8.72. The molecule has 0 spiro atoms. The monoisotopic (exact) mass is 336 g/mol. The van der Waals surface area contributed by atoms with Gasteiger partial charge in [-0.1, -0.05) is 12.1 Å². The number of hydrogen-bond donors (Lipinski definition) is 2. The predicted octanol–water partition coefficient (Wildman–Crippen LogP) is 2.32. The van der Waals surface area contributed by atoms with E-state index in [9.17, 15) is 13.8 Å². The van der Waals surface area contributed by atoms with E-state index in [0.717, 1.165) is 5.56 Å². The third-order valence-electron chi connectivity index (χ3n) is 2.93. The Hall–Kier alpha value is -1.95. The number of carbonyl (C=O) groups is 2. The van der Waals surface area contributed by atoms with Crippen LogP contribution < -0.4 is 10.6 Å². The van der Waals surface area contributed by atoms with E-state index in [4.69, 9.17) is 0 Å². The number of benzene rings is 1. The van der Waals surface area contributed by atoms with Gasteiger partial charge in [0.1, 0.15) is 0 Å². The van der Waals surface area contributed by atoms with Crippen LogP contribution in [0.2, 0.25) is 0 Å². The van der Waals surface area contributed by atoms with Gasteiger partial charge in [-0.2, -0.15) is 0 Å². The highest BCUT2D eigenvalue weighted by molar-refractivity contribution is 7.86. The zero-order chi connectivity index (χ0) is 17.5. The second-order valence-corrected chi connectivity index (χ2v) is 8.41. The molecule has 1 unspecified atom stereocenters. The maximum atomic E-state index is 11.8. The lowest BCUT2D eigenvalue weighted by molar-refractivity contribution is -0.116. The molecule has 0 aliphatic rings. The average molecular weight is 336 g/mol. The van der Waals surface area contributed by atoms with Gasteiger partial charge in [-0.25, -0.2) is 0 Å². The van der Waals surface area contributed by atoms with Crippen molar-refractivity contribution in [2.75, 3.05) is 17.6 Å². The Morgan fingerprint density at radius 1 is 1.17 bits per heavy atom. The summed E-state index contributed by atoms with van der Waals surface area (Å²) in [6.45, 7) is 7.57. The molecular weight excluding hydrogens is 312 g/mol. The summed E-state index contributed by atoms with van der Waals surface area (Å²) in [4.78, 5) is 22.6. The predicted molar refractivity (Wildman–Crippen MR) is 95.6 cm³/mol. The van der Waals surface area contributed by atoms with Crippen LogP contribution in [-0.4, -0.2) is 33.1 Å². The van der Waals surface area contributed by atoms with Crippen LogP contribution in [0.1, 0.15) is 33.3 Å². The molecule has 23 heavy (non-hydrogen) atoms. The molecule has 0 bridgehead atoms. The van der Waals surface area contributed by atoms with Gasteiger partial charge in [-0.05, 0) is 44.5 Å². The van der Waals surface area contributed by atoms with Crippen molar-refractivity contribution in [1.82, 2.24) is 5.32 Å². The van der Waals surface area contributed by atoms with E-state index in [-0.39, 0.29) is 16.6 Å². The molecule has 1 rings (SSSR count). The van der Waals surface area contributed by atoms with Gasteiger partial charge in [-0.3, -0.25) is 13.8 Å². The topological polar surface area (TPSA) is 75.3 Å². The van der Waals surface area contributed by atoms with Crippen molar-refractivity contribution in [2.45, 2.75) is 32.4 Å². The van der Waals surface area contributed by atoms with Gasteiger partial charge in [0.15, 0.2) is 0 Å². The Morgan fingerprint density at radius 3 is 2.30 bits per heavy atom. The fourth-order valence-corrected chi connectivity index (χ4v) is 2.58. The molecule has 0 aliphatic carbocycles. The van der Waals surface area contributed by atoms with E-state index in [1.165, 1.54) is 13.0 Å². The molecule has 2 N–H and O–H groups in total. The first-order chi connectivity index (χ1) is 10.7. The standard InChI is InChI=1S/C17H24N2O3S/c1-13(20)19-15-8-5-14(6-9-15)7-10-16(21)18-11-12-23(22)17(2,3)4/h5-10H,11-12H2,1-4H3,(H,18,21)(H,19,20)/b10-7+. The lowest BCUT2D eigenvalue weighted by Gasteiger charge is -2.17. The summed E-state index contributed by atoms with van der Waals surface area (Å²) in [6, 6.07) is 7.16. The normalized spacial score (nSPS) is 12.9. The summed E-state index contributed by atoms with van der Waals surface area (Å²) in [5.74, 6) is 0.0938. The first kappa shape index (κ1) is 19.1. The number of anilines is 1. The maximum absolute atomic E-state index is 11.8. The number of hydrogen-bond acceptors (Lipinski definition) is 3. The summed E-state index contributed by atoms with van der Waals surface area (Å²) in [5, 5.41) is 5.39. The van der Waals surface area contributed by atoms with E-state index in [1.807, 2.05) is 32.9 Å². The number of amides is 2. The lowest BCUT2D eigenvalue weighted by atomic mass is 10.2. The van der Waals surface area contributed by atoms with Crippen molar-refractivity contribution in [2.24, 2.45) is 0 Å². The van der Waals surface area contributed by atoms with E-state index in [0.29, 0.717) is 18.0 Å². The minimum absolute atomic E-state index is 0.125. The quantitative estimate of drug-likeness (QED) is 0.783. The average Bonchev–Trinajstić information content (AvgIpc) is 2.45. The lowest BCUT2D eigenvalue weighted by Crippen LogP contribution is -2.31. The Kier molecular flexibility index (Phi) is 7.16.